The molecule has 0 radical (unpaired) electrons. The van der Waals surface area contributed by atoms with Gasteiger partial charge in [0, 0.05) is 53.1 Å². The van der Waals surface area contributed by atoms with Crippen LogP contribution in [0, 0.1) is 0 Å². The summed E-state index contributed by atoms with van der Waals surface area (Å²) in [5.41, 5.74) is 7.28. The monoisotopic (exact) mass is 564 g/mol. The van der Waals surface area contributed by atoms with Gasteiger partial charge < -0.3 is 9.13 Å². The average molecular weight is 565 g/mol. The lowest BCUT2D eigenvalue weighted by molar-refractivity contribution is 1.17. The number of nitrogens with zero attached hydrogens (tertiary/aromatic N) is 2. The van der Waals surface area contributed by atoms with Crippen LogP contribution >= 0.6 is 11.3 Å². The van der Waals surface area contributed by atoms with Gasteiger partial charge in [0.1, 0.15) is 0 Å². The van der Waals surface area contributed by atoms with Gasteiger partial charge in [-0.2, -0.15) is 0 Å². The molecule has 0 aliphatic rings. The molecule has 10 rings (SSSR count). The molecule has 7 aromatic carbocycles. The lowest BCUT2D eigenvalue weighted by atomic mass is 10.0. The van der Waals surface area contributed by atoms with Crippen molar-refractivity contribution in [2.24, 2.45) is 0 Å². The van der Waals surface area contributed by atoms with Crippen molar-refractivity contribution >= 4 is 85.9 Å². The normalized spacial score (nSPS) is 12.2. The molecule has 0 unspecified atom stereocenters. The van der Waals surface area contributed by atoms with Gasteiger partial charge >= 0.3 is 0 Å². The summed E-state index contributed by atoms with van der Waals surface area (Å²) in [5, 5.41) is 10.3. The molecule has 43 heavy (non-hydrogen) atoms. The van der Waals surface area contributed by atoms with Crippen molar-refractivity contribution in [2.45, 2.75) is 0 Å². The number of rotatable bonds is 2. The maximum absolute atomic E-state index is 2.46. The molecule has 0 saturated heterocycles. The fourth-order valence-corrected chi connectivity index (χ4v) is 8.36. The molecule has 0 atom stereocenters. The largest absolute Gasteiger partial charge is 0.309 e. The first-order valence-electron chi connectivity index (χ1n) is 14.7. The third-order valence-electron chi connectivity index (χ3n) is 9.08. The van der Waals surface area contributed by atoms with Crippen molar-refractivity contribution < 1.29 is 0 Å². The Bertz CT molecular complexity index is 2680. The fraction of sp³-hybridized carbons (Fsp3) is 0. The number of benzene rings is 7. The average Bonchev–Trinajstić information content (AvgIpc) is 3.71. The van der Waals surface area contributed by atoms with Gasteiger partial charge in [-0.05, 0) is 71.4 Å². The summed E-state index contributed by atoms with van der Waals surface area (Å²) in [5.74, 6) is 0. The summed E-state index contributed by atoms with van der Waals surface area (Å²) in [6.07, 6.45) is 0. The Morgan fingerprint density at radius 3 is 1.74 bits per heavy atom. The highest BCUT2D eigenvalue weighted by molar-refractivity contribution is 7.26. The second-order valence-electron chi connectivity index (χ2n) is 11.4. The fourth-order valence-electron chi connectivity index (χ4n) is 7.25. The molecule has 0 spiro atoms. The van der Waals surface area contributed by atoms with Crippen molar-refractivity contribution in [3.05, 3.63) is 146 Å². The molecule has 0 fully saturated rings. The maximum Gasteiger partial charge on any atom is 0.0548 e. The number of fused-ring (bicyclic) bond motifs is 11. The number of para-hydroxylation sites is 2. The van der Waals surface area contributed by atoms with Crippen LogP contribution in [0.2, 0.25) is 0 Å². The summed E-state index contributed by atoms with van der Waals surface area (Å²) in [6, 6.07) is 53.5. The molecule has 0 bridgehead atoms. The van der Waals surface area contributed by atoms with Crippen LogP contribution in [0.5, 0.6) is 0 Å². The van der Waals surface area contributed by atoms with Gasteiger partial charge in [-0.3, -0.25) is 0 Å². The predicted molar refractivity (Wildman–Crippen MR) is 186 cm³/mol. The van der Waals surface area contributed by atoms with Crippen LogP contribution < -0.4 is 0 Å². The zero-order valence-corrected chi connectivity index (χ0v) is 24.0. The Morgan fingerprint density at radius 2 is 0.930 bits per heavy atom. The first-order valence-corrected chi connectivity index (χ1v) is 15.5. The second kappa shape index (κ2) is 8.57. The number of thiophene rings is 1. The number of hydrogen-bond donors (Lipinski definition) is 0. The first-order chi connectivity index (χ1) is 21.3. The van der Waals surface area contributed by atoms with Gasteiger partial charge in [0.05, 0.1) is 22.1 Å². The smallest absolute Gasteiger partial charge is 0.0548 e. The molecule has 3 heteroatoms. The summed E-state index contributed by atoms with van der Waals surface area (Å²) in [6.45, 7) is 0. The van der Waals surface area contributed by atoms with Crippen LogP contribution in [0.25, 0.3) is 85.9 Å². The van der Waals surface area contributed by atoms with E-state index in [1.54, 1.807) is 0 Å². The molecular formula is C40H24N2S. The molecule has 0 aliphatic heterocycles. The highest BCUT2D eigenvalue weighted by Crippen LogP contribution is 2.44. The summed E-state index contributed by atoms with van der Waals surface area (Å²) >= 11 is 1.88. The molecule has 0 aliphatic carbocycles. The topological polar surface area (TPSA) is 9.86 Å². The van der Waals surface area contributed by atoms with Crippen molar-refractivity contribution in [3.8, 4) is 11.4 Å². The molecule has 3 heterocycles. The van der Waals surface area contributed by atoms with Crippen LogP contribution in [-0.2, 0) is 0 Å². The van der Waals surface area contributed by atoms with E-state index in [0.717, 1.165) is 0 Å². The van der Waals surface area contributed by atoms with Crippen LogP contribution in [-0.4, -0.2) is 9.13 Å². The SMILES string of the molecule is c1ccc2cc(-n3c4ccc(-n5c6ccccc6c6ccccc65)cc4c4c5c(ccc43)sc3ccccc35)ccc2c1. The number of aromatic nitrogens is 2. The van der Waals surface area contributed by atoms with E-state index in [1.165, 1.54) is 85.9 Å². The lowest BCUT2D eigenvalue weighted by Gasteiger charge is -2.11. The van der Waals surface area contributed by atoms with Gasteiger partial charge in [0.15, 0.2) is 0 Å². The van der Waals surface area contributed by atoms with E-state index in [1.807, 2.05) is 11.3 Å². The van der Waals surface area contributed by atoms with Gasteiger partial charge in [-0.1, -0.05) is 84.9 Å². The second-order valence-corrected chi connectivity index (χ2v) is 12.5. The molecule has 10 aromatic rings. The van der Waals surface area contributed by atoms with E-state index in [0.29, 0.717) is 0 Å². The van der Waals surface area contributed by atoms with E-state index in [9.17, 15) is 0 Å². The predicted octanol–water partition coefficient (Wildman–Crippen LogP) is 11.4. The maximum atomic E-state index is 2.46. The summed E-state index contributed by atoms with van der Waals surface area (Å²) < 4.78 is 7.54. The van der Waals surface area contributed by atoms with Gasteiger partial charge in [-0.25, -0.2) is 0 Å². The van der Waals surface area contributed by atoms with E-state index < -0.39 is 0 Å². The van der Waals surface area contributed by atoms with E-state index in [4.69, 9.17) is 0 Å². The third kappa shape index (κ3) is 3.17. The molecule has 200 valence electrons. The standard InChI is InChI=1S/C40H24N2S/c1-2-10-26-23-27(18-17-25(26)9-1)42-35-20-19-28(41-33-14-6-3-11-29(33)30-12-4-7-15-34(30)41)24-32(35)39-36(42)21-22-38-40(39)31-13-5-8-16-37(31)43-38/h1-24H. The quantitative estimate of drug-likeness (QED) is 0.198. The molecule has 0 N–H and O–H groups in total. The lowest BCUT2D eigenvalue weighted by Crippen LogP contribution is -1.95. The highest BCUT2D eigenvalue weighted by Gasteiger charge is 2.20. The minimum absolute atomic E-state index is 1.18. The van der Waals surface area contributed by atoms with Gasteiger partial charge in [-0.15, -0.1) is 11.3 Å². The number of hydrogen-bond acceptors (Lipinski definition) is 1. The zero-order chi connectivity index (χ0) is 28.1. The summed E-state index contributed by atoms with van der Waals surface area (Å²) in [7, 11) is 0. The van der Waals surface area contributed by atoms with Crippen LogP contribution in [0.15, 0.2) is 146 Å². The molecule has 3 aromatic heterocycles. The van der Waals surface area contributed by atoms with Crippen LogP contribution in [0.3, 0.4) is 0 Å². The van der Waals surface area contributed by atoms with Crippen LogP contribution in [0.1, 0.15) is 0 Å². The molecule has 2 nitrogen and oxygen atoms in total. The van der Waals surface area contributed by atoms with Crippen molar-refractivity contribution in [2.75, 3.05) is 0 Å². The minimum atomic E-state index is 1.18. The van der Waals surface area contributed by atoms with E-state index in [2.05, 4.69) is 155 Å². The summed E-state index contributed by atoms with van der Waals surface area (Å²) in [4.78, 5) is 0. The zero-order valence-electron chi connectivity index (χ0n) is 23.2. The molecule has 0 saturated carbocycles. The van der Waals surface area contributed by atoms with Crippen molar-refractivity contribution in [1.29, 1.82) is 0 Å². The third-order valence-corrected chi connectivity index (χ3v) is 10.2. The van der Waals surface area contributed by atoms with Gasteiger partial charge in [0.25, 0.3) is 0 Å². The molecular weight excluding hydrogens is 541 g/mol. The van der Waals surface area contributed by atoms with E-state index in [-0.39, 0.29) is 0 Å². The minimum Gasteiger partial charge on any atom is -0.309 e. The molecule has 0 amide bonds. The Balaban J connectivity index is 1.37. The van der Waals surface area contributed by atoms with Gasteiger partial charge in [0.2, 0.25) is 0 Å². The Kier molecular flexibility index (Phi) is 4.63. The van der Waals surface area contributed by atoms with Crippen LogP contribution in [0.4, 0.5) is 0 Å². The first kappa shape index (κ1) is 23.2. The van der Waals surface area contributed by atoms with Crippen molar-refractivity contribution in [3.63, 3.8) is 0 Å². The van der Waals surface area contributed by atoms with E-state index >= 15 is 0 Å². The Hall–Kier alpha value is -5.38. The Morgan fingerprint density at radius 1 is 0.349 bits per heavy atom. The highest BCUT2D eigenvalue weighted by atomic mass is 32.1. The van der Waals surface area contributed by atoms with Crippen molar-refractivity contribution in [1.82, 2.24) is 9.13 Å². The Labute approximate surface area is 251 Å².